The third-order valence-corrected chi connectivity index (χ3v) is 7.01. The Balaban J connectivity index is 1.47. The fourth-order valence-electron chi connectivity index (χ4n) is 4.12. The molecule has 1 fully saturated rings. The topological polar surface area (TPSA) is 101 Å². The van der Waals surface area contributed by atoms with Gasteiger partial charge in [0, 0.05) is 30.5 Å². The highest BCUT2D eigenvalue weighted by Crippen LogP contribution is 2.31. The number of likely N-dealkylation sites (tertiary alicyclic amines) is 1. The molecular weight excluding hydrogens is 431 g/mol. The monoisotopic (exact) mass is 458 g/mol. The molecule has 1 aromatic carbocycles. The molecule has 0 spiro atoms. The number of carbonyl (C=O) groups excluding carboxylic acids is 1. The molecule has 3 heterocycles. The van der Waals surface area contributed by atoms with Crippen molar-refractivity contribution in [3.63, 3.8) is 0 Å². The van der Waals surface area contributed by atoms with Gasteiger partial charge in [0.05, 0.1) is 24.0 Å². The molecule has 32 heavy (non-hydrogen) atoms. The lowest BCUT2D eigenvalue weighted by atomic mass is 9.91. The molecule has 2 aromatic heterocycles. The van der Waals surface area contributed by atoms with Gasteiger partial charge in [-0.25, -0.2) is 9.37 Å². The van der Waals surface area contributed by atoms with Crippen LogP contribution in [-0.4, -0.2) is 50.7 Å². The van der Waals surface area contributed by atoms with E-state index in [0.717, 1.165) is 24.0 Å². The van der Waals surface area contributed by atoms with E-state index < -0.39 is 5.60 Å². The maximum absolute atomic E-state index is 13.2. The van der Waals surface area contributed by atoms with Gasteiger partial charge in [-0.2, -0.15) is 0 Å². The molecule has 1 amide bonds. The van der Waals surface area contributed by atoms with Gasteiger partial charge in [-0.15, -0.1) is 11.3 Å². The van der Waals surface area contributed by atoms with Gasteiger partial charge in [-0.1, -0.05) is 12.1 Å². The molecule has 0 atom stereocenters. The number of thiophene rings is 1. The van der Waals surface area contributed by atoms with E-state index in [9.17, 15) is 19.1 Å². The first-order valence-corrected chi connectivity index (χ1v) is 11.7. The van der Waals surface area contributed by atoms with Crippen LogP contribution < -0.4 is 11.3 Å². The van der Waals surface area contributed by atoms with Crippen LogP contribution in [0.25, 0.3) is 21.3 Å². The lowest BCUT2D eigenvalue weighted by Crippen LogP contribution is -2.49. The Hall–Kier alpha value is -2.62. The van der Waals surface area contributed by atoms with E-state index in [1.807, 2.05) is 5.38 Å². The number of halogens is 1. The van der Waals surface area contributed by atoms with Crippen LogP contribution in [0.3, 0.4) is 0 Å². The number of nitrogens with two attached hydrogens (primary N) is 1. The van der Waals surface area contributed by atoms with Gasteiger partial charge in [-0.3, -0.25) is 14.2 Å². The van der Waals surface area contributed by atoms with Crippen molar-refractivity contribution in [2.24, 2.45) is 5.73 Å². The van der Waals surface area contributed by atoms with Crippen LogP contribution in [0.15, 0.2) is 40.8 Å². The van der Waals surface area contributed by atoms with Gasteiger partial charge in [-0.05, 0) is 49.9 Å². The number of benzene rings is 1. The first-order valence-electron chi connectivity index (χ1n) is 10.8. The number of piperidine rings is 1. The summed E-state index contributed by atoms with van der Waals surface area (Å²) >= 11 is 1.30. The number of unbranched alkanes of at least 4 members (excludes halogenated alkanes) is 1. The zero-order chi connectivity index (χ0) is 22.7. The molecule has 3 aromatic rings. The number of carbonyl (C=O) groups is 1. The highest BCUT2D eigenvalue weighted by molar-refractivity contribution is 7.17. The third-order valence-electron chi connectivity index (χ3n) is 6.06. The number of amides is 1. The van der Waals surface area contributed by atoms with E-state index in [4.69, 9.17) is 5.73 Å². The second-order valence-electron chi connectivity index (χ2n) is 8.36. The molecule has 1 saturated heterocycles. The lowest BCUT2D eigenvalue weighted by Gasteiger charge is -2.38. The number of aliphatic hydroxyl groups is 1. The number of hydrogen-bond acceptors (Lipinski definition) is 6. The van der Waals surface area contributed by atoms with E-state index in [1.54, 1.807) is 17.0 Å². The van der Waals surface area contributed by atoms with Crippen LogP contribution in [0.4, 0.5) is 4.39 Å². The first kappa shape index (κ1) is 22.6. The van der Waals surface area contributed by atoms with Crippen molar-refractivity contribution in [1.82, 2.24) is 14.5 Å². The van der Waals surface area contributed by atoms with Crippen LogP contribution in [-0.2, 0) is 11.3 Å². The number of fused-ring (bicyclic) bond motifs is 1. The summed E-state index contributed by atoms with van der Waals surface area (Å²) in [7, 11) is 0. The van der Waals surface area contributed by atoms with Gasteiger partial charge in [0.2, 0.25) is 5.91 Å². The molecule has 9 heteroatoms. The molecule has 0 bridgehead atoms. The molecule has 0 unspecified atom stereocenters. The van der Waals surface area contributed by atoms with Gasteiger partial charge >= 0.3 is 0 Å². The van der Waals surface area contributed by atoms with Crippen molar-refractivity contribution in [2.45, 2.75) is 44.2 Å². The second kappa shape index (κ2) is 9.48. The predicted molar refractivity (Wildman–Crippen MR) is 123 cm³/mol. The Bertz CT molecular complexity index is 1150. The average Bonchev–Trinajstić information content (AvgIpc) is 3.22. The highest BCUT2D eigenvalue weighted by atomic mass is 32.1. The molecule has 0 saturated carbocycles. The molecule has 0 radical (unpaired) electrons. The van der Waals surface area contributed by atoms with E-state index in [-0.39, 0.29) is 23.8 Å². The van der Waals surface area contributed by atoms with Gasteiger partial charge < -0.3 is 15.7 Å². The van der Waals surface area contributed by atoms with Crippen molar-refractivity contribution in [3.8, 4) is 11.1 Å². The Kier molecular flexibility index (Phi) is 6.68. The molecular formula is C23H27FN4O3S. The molecule has 170 valence electrons. The van der Waals surface area contributed by atoms with Gasteiger partial charge in [0.25, 0.3) is 5.56 Å². The predicted octanol–water partition coefficient (Wildman–Crippen LogP) is 2.75. The van der Waals surface area contributed by atoms with Crippen molar-refractivity contribution >= 4 is 27.5 Å². The smallest absolute Gasteiger partial charge is 0.271 e. The third kappa shape index (κ3) is 4.74. The Labute approximate surface area is 189 Å². The second-order valence-corrected chi connectivity index (χ2v) is 9.24. The van der Waals surface area contributed by atoms with Crippen LogP contribution in [0, 0.1) is 5.82 Å². The largest absolute Gasteiger partial charge is 0.388 e. The Morgan fingerprint density at radius 1 is 1.22 bits per heavy atom. The van der Waals surface area contributed by atoms with Crippen LogP contribution >= 0.6 is 11.3 Å². The fraction of sp³-hybridized carbons (Fsp3) is 0.435. The van der Waals surface area contributed by atoms with Crippen molar-refractivity contribution in [1.29, 1.82) is 0 Å². The summed E-state index contributed by atoms with van der Waals surface area (Å²) in [5, 5.41) is 12.9. The van der Waals surface area contributed by atoms with Gasteiger partial charge in [0.1, 0.15) is 10.5 Å². The van der Waals surface area contributed by atoms with Crippen molar-refractivity contribution < 1.29 is 14.3 Å². The Morgan fingerprint density at radius 3 is 2.62 bits per heavy atom. The standard InChI is InChI=1S/C23H27FN4O3S/c24-17-6-4-16(5-7-17)18-13-32-21-20(18)26-15-28(22(21)30)14-23(31)8-11-27(12-9-23)19(29)3-1-2-10-25/h4-7,13,15,31H,1-3,8-12,14,25H2. The summed E-state index contributed by atoms with van der Waals surface area (Å²) in [6, 6.07) is 6.09. The minimum Gasteiger partial charge on any atom is -0.388 e. The van der Waals surface area contributed by atoms with Crippen LogP contribution in [0.2, 0.25) is 0 Å². The average molecular weight is 459 g/mol. The zero-order valence-corrected chi connectivity index (χ0v) is 18.6. The van der Waals surface area contributed by atoms with Crippen LogP contribution in [0.5, 0.6) is 0 Å². The molecule has 7 nitrogen and oxygen atoms in total. The molecule has 1 aliphatic heterocycles. The highest BCUT2D eigenvalue weighted by Gasteiger charge is 2.34. The molecule has 0 aliphatic carbocycles. The van der Waals surface area contributed by atoms with Crippen molar-refractivity contribution in [2.75, 3.05) is 19.6 Å². The summed E-state index contributed by atoms with van der Waals surface area (Å²) in [5.41, 5.74) is 6.37. The molecule has 4 rings (SSSR count). The van der Waals surface area contributed by atoms with E-state index in [1.165, 1.54) is 34.4 Å². The maximum Gasteiger partial charge on any atom is 0.271 e. The van der Waals surface area contributed by atoms with Crippen LogP contribution in [0.1, 0.15) is 32.1 Å². The summed E-state index contributed by atoms with van der Waals surface area (Å²) in [6.45, 7) is 1.65. The molecule has 1 aliphatic rings. The minimum absolute atomic E-state index is 0.0904. The summed E-state index contributed by atoms with van der Waals surface area (Å²) in [6.07, 6.45) is 4.36. The zero-order valence-electron chi connectivity index (χ0n) is 17.8. The fourth-order valence-corrected chi connectivity index (χ4v) is 5.09. The maximum atomic E-state index is 13.2. The minimum atomic E-state index is -1.07. The Morgan fingerprint density at radius 2 is 1.94 bits per heavy atom. The van der Waals surface area contributed by atoms with E-state index in [0.29, 0.717) is 49.1 Å². The quantitative estimate of drug-likeness (QED) is 0.530. The summed E-state index contributed by atoms with van der Waals surface area (Å²) in [4.78, 5) is 31.6. The molecule has 3 N–H and O–H groups in total. The normalized spacial score (nSPS) is 15.9. The summed E-state index contributed by atoms with van der Waals surface area (Å²) < 4.78 is 15.2. The van der Waals surface area contributed by atoms with Gasteiger partial charge in [0.15, 0.2) is 0 Å². The lowest BCUT2D eigenvalue weighted by molar-refractivity contribution is -0.136. The first-order chi connectivity index (χ1) is 15.4. The van der Waals surface area contributed by atoms with Crippen molar-refractivity contribution in [3.05, 3.63) is 52.1 Å². The number of nitrogens with zero attached hydrogens (tertiary/aromatic N) is 3. The summed E-state index contributed by atoms with van der Waals surface area (Å²) in [5.74, 6) is -0.229. The number of aromatic nitrogens is 2. The SMILES string of the molecule is NCCCCC(=O)N1CCC(O)(Cn2cnc3c(-c4ccc(F)cc4)csc3c2=O)CC1. The number of rotatable bonds is 7. The number of hydrogen-bond donors (Lipinski definition) is 2. The van der Waals surface area contributed by atoms with E-state index in [2.05, 4.69) is 4.98 Å². The van der Waals surface area contributed by atoms with E-state index >= 15 is 0 Å².